The van der Waals surface area contributed by atoms with E-state index in [1.807, 2.05) is 55.5 Å². The lowest BCUT2D eigenvalue weighted by atomic mass is 10.1. The Hall–Kier alpha value is -2.95. The number of hydrogen-bond acceptors (Lipinski definition) is 3. The van der Waals surface area contributed by atoms with Crippen LogP contribution in [-0.4, -0.2) is 20.7 Å². The first-order valence-corrected chi connectivity index (χ1v) is 7.54. The Labute approximate surface area is 135 Å². The molecule has 0 spiro atoms. The second-order valence-electron chi connectivity index (χ2n) is 5.36. The number of nitrogens with zero attached hydrogens (tertiary/aromatic N) is 3. The van der Waals surface area contributed by atoms with Gasteiger partial charge in [0.25, 0.3) is 5.91 Å². The fraction of sp³-hybridized carbons (Fsp3) is 0.167. The van der Waals surface area contributed by atoms with E-state index in [0.29, 0.717) is 0 Å². The van der Waals surface area contributed by atoms with Gasteiger partial charge in [-0.1, -0.05) is 36.8 Å². The largest absolute Gasteiger partial charge is 0.319 e. The van der Waals surface area contributed by atoms with Crippen molar-refractivity contribution in [3.8, 4) is 5.69 Å². The molecule has 0 atom stereocenters. The molecule has 0 aliphatic heterocycles. The molecule has 3 aromatic rings. The smallest absolute Gasteiger partial charge is 0.295 e. The van der Waals surface area contributed by atoms with E-state index in [2.05, 4.69) is 22.3 Å². The highest BCUT2D eigenvalue weighted by atomic mass is 16.2. The van der Waals surface area contributed by atoms with E-state index in [0.717, 1.165) is 17.8 Å². The van der Waals surface area contributed by atoms with Gasteiger partial charge in [0.1, 0.15) is 6.33 Å². The number of anilines is 1. The van der Waals surface area contributed by atoms with Gasteiger partial charge in [0, 0.05) is 5.69 Å². The molecule has 0 fully saturated rings. The van der Waals surface area contributed by atoms with Crippen molar-refractivity contribution in [3.05, 3.63) is 71.8 Å². The van der Waals surface area contributed by atoms with Gasteiger partial charge < -0.3 is 5.32 Å². The number of aryl methyl sites for hydroxylation is 2. The Balaban J connectivity index is 1.76. The van der Waals surface area contributed by atoms with Crippen molar-refractivity contribution in [2.75, 3.05) is 5.32 Å². The molecule has 5 nitrogen and oxygen atoms in total. The molecule has 0 aliphatic rings. The van der Waals surface area contributed by atoms with Crippen LogP contribution in [0.3, 0.4) is 0 Å². The maximum absolute atomic E-state index is 12.3. The molecule has 0 aliphatic carbocycles. The highest BCUT2D eigenvalue weighted by Gasteiger charge is 2.12. The third-order valence-electron chi connectivity index (χ3n) is 3.59. The van der Waals surface area contributed by atoms with Gasteiger partial charge >= 0.3 is 0 Å². The van der Waals surface area contributed by atoms with Crippen LogP contribution < -0.4 is 5.32 Å². The topological polar surface area (TPSA) is 59.8 Å². The molecular formula is C18H18N4O. The minimum atomic E-state index is -0.316. The zero-order chi connectivity index (χ0) is 16.2. The average molecular weight is 306 g/mol. The zero-order valence-corrected chi connectivity index (χ0v) is 13.2. The number of rotatable bonds is 4. The van der Waals surface area contributed by atoms with Crippen molar-refractivity contribution < 1.29 is 4.79 Å². The van der Waals surface area contributed by atoms with E-state index in [9.17, 15) is 4.79 Å². The number of hydrogen-bond donors (Lipinski definition) is 1. The fourth-order valence-electron chi connectivity index (χ4n) is 2.24. The van der Waals surface area contributed by atoms with Crippen molar-refractivity contribution in [1.82, 2.24) is 14.8 Å². The second-order valence-corrected chi connectivity index (χ2v) is 5.36. The lowest BCUT2D eigenvalue weighted by molar-refractivity contribution is 0.101. The molecule has 1 N–H and O–H groups in total. The van der Waals surface area contributed by atoms with Crippen LogP contribution in [0.15, 0.2) is 54.9 Å². The molecule has 0 bridgehead atoms. The summed E-state index contributed by atoms with van der Waals surface area (Å²) >= 11 is 0. The highest BCUT2D eigenvalue weighted by molar-refractivity contribution is 6.01. The Morgan fingerprint density at radius 1 is 1.17 bits per heavy atom. The summed E-state index contributed by atoms with van der Waals surface area (Å²) in [5.74, 6) is -0.170. The first kappa shape index (κ1) is 15.0. The van der Waals surface area contributed by atoms with Crippen LogP contribution in [0.4, 0.5) is 5.69 Å². The molecule has 2 aromatic carbocycles. The summed E-state index contributed by atoms with van der Waals surface area (Å²) in [4.78, 5) is 16.4. The molecule has 0 saturated heterocycles. The van der Waals surface area contributed by atoms with E-state index in [1.165, 1.54) is 11.1 Å². The summed E-state index contributed by atoms with van der Waals surface area (Å²) in [6.07, 6.45) is 2.46. The third-order valence-corrected chi connectivity index (χ3v) is 3.59. The first-order chi connectivity index (χ1) is 11.2. The standard InChI is InChI=1S/C18H18N4O/c1-3-14-5-4-6-15(11-14)20-18(23)17-19-12-22(21-17)16-9-7-13(2)8-10-16/h4-12H,3H2,1-2H3,(H,20,23). The van der Waals surface area contributed by atoms with E-state index < -0.39 is 0 Å². The summed E-state index contributed by atoms with van der Waals surface area (Å²) in [6.45, 7) is 4.10. The Bertz CT molecular complexity index is 821. The minimum absolute atomic E-state index is 0.146. The number of aromatic nitrogens is 3. The monoisotopic (exact) mass is 306 g/mol. The number of carbonyl (C=O) groups excluding carboxylic acids is 1. The summed E-state index contributed by atoms with van der Waals surface area (Å²) in [5.41, 5.74) is 3.96. The van der Waals surface area contributed by atoms with Gasteiger partial charge in [0.2, 0.25) is 5.82 Å². The molecule has 3 rings (SSSR count). The molecule has 1 heterocycles. The van der Waals surface area contributed by atoms with Gasteiger partial charge in [0.15, 0.2) is 0 Å². The second kappa shape index (κ2) is 6.44. The Morgan fingerprint density at radius 2 is 1.96 bits per heavy atom. The molecular weight excluding hydrogens is 288 g/mol. The van der Waals surface area contributed by atoms with Crippen molar-refractivity contribution in [1.29, 1.82) is 0 Å². The van der Waals surface area contributed by atoms with Gasteiger partial charge in [-0.15, -0.1) is 5.10 Å². The van der Waals surface area contributed by atoms with Crippen LogP contribution in [0, 0.1) is 6.92 Å². The third kappa shape index (κ3) is 3.45. The van der Waals surface area contributed by atoms with E-state index in [4.69, 9.17) is 0 Å². The van der Waals surface area contributed by atoms with Gasteiger partial charge in [0.05, 0.1) is 5.69 Å². The van der Waals surface area contributed by atoms with Crippen molar-refractivity contribution in [3.63, 3.8) is 0 Å². The van der Waals surface area contributed by atoms with Gasteiger partial charge in [-0.25, -0.2) is 9.67 Å². The lowest BCUT2D eigenvalue weighted by Gasteiger charge is -2.04. The Kier molecular flexibility index (Phi) is 4.19. The Morgan fingerprint density at radius 3 is 2.70 bits per heavy atom. The van der Waals surface area contributed by atoms with Crippen molar-refractivity contribution in [2.24, 2.45) is 0 Å². The number of benzene rings is 2. The lowest BCUT2D eigenvalue weighted by Crippen LogP contribution is -2.14. The van der Waals surface area contributed by atoms with E-state index in [1.54, 1.807) is 11.0 Å². The fourth-order valence-corrected chi connectivity index (χ4v) is 2.24. The molecule has 116 valence electrons. The van der Waals surface area contributed by atoms with Crippen molar-refractivity contribution in [2.45, 2.75) is 20.3 Å². The summed E-state index contributed by atoms with van der Waals surface area (Å²) < 4.78 is 1.59. The summed E-state index contributed by atoms with van der Waals surface area (Å²) in [7, 11) is 0. The summed E-state index contributed by atoms with van der Waals surface area (Å²) in [5, 5.41) is 7.07. The molecule has 1 aromatic heterocycles. The predicted octanol–water partition coefficient (Wildman–Crippen LogP) is 3.39. The summed E-state index contributed by atoms with van der Waals surface area (Å²) in [6, 6.07) is 15.6. The van der Waals surface area contributed by atoms with Crippen LogP contribution in [0.25, 0.3) is 5.69 Å². The number of nitrogens with one attached hydrogen (secondary N) is 1. The number of amides is 1. The number of carbonyl (C=O) groups is 1. The maximum Gasteiger partial charge on any atom is 0.295 e. The van der Waals surface area contributed by atoms with Gasteiger partial charge in [-0.2, -0.15) is 0 Å². The van der Waals surface area contributed by atoms with Crippen LogP contribution in [0.5, 0.6) is 0 Å². The van der Waals surface area contributed by atoms with Crippen LogP contribution in [0.1, 0.15) is 28.7 Å². The molecule has 0 saturated carbocycles. The minimum Gasteiger partial charge on any atom is -0.319 e. The van der Waals surface area contributed by atoms with Crippen LogP contribution in [0.2, 0.25) is 0 Å². The normalized spacial score (nSPS) is 10.5. The van der Waals surface area contributed by atoms with Gasteiger partial charge in [-0.05, 0) is 43.2 Å². The quantitative estimate of drug-likeness (QED) is 0.803. The highest BCUT2D eigenvalue weighted by Crippen LogP contribution is 2.12. The average Bonchev–Trinajstić information content (AvgIpc) is 3.06. The molecule has 0 unspecified atom stereocenters. The predicted molar refractivity (Wildman–Crippen MR) is 89.9 cm³/mol. The van der Waals surface area contributed by atoms with Crippen LogP contribution >= 0.6 is 0 Å². The van der Waals surface area contributed by atoms with Crippen molar-refractivity contribution >= 4 is 11.6 Å². The SMILES string of the molecule is CCc1cccc(NC(=O)c2ncn(-c3ccc(C)cc3)n2)c1. The molecule has 5 heteroatoms. The van der Waals surface area contributed by atoms with Gasteiger partial charge in [-0.3, -0.25) is 4.79 Å². The molecule has 0 radical (unpaired) electrons. The maximum atomic E-state index is 12.3. The van der Waals surface area contributed by atoms with E-state index >= 15 is 0 Å². The molecule has 1 amide bonds. The van der Waals surface area contributed by atoms with E-state index in [-0.39, 0.29) is 11.7 Å². The molecule has 23 heavy (non-hydrogen) atoms. The first-order valence-electron chi connectivity index (χ1n) is 7.54. The van der Waals surface area contributed by atoms with Crippen LogP contribution in [-0.2, 0) is 6.42 Å². The zero-order valence-electron chi connectivity index (χ0n) is 13.2.